The Hall–Kier alpha value is -5.35. The van der Waals surface area contributed by atoms with Gasteiger partial charge >= 0.3 is 0 Å². The normalized spacial score (nSPS) is 15.3. The van der Waals surface area contributed by atoms with E-state index in [1.165, 1.54) is 6.08 Å². The quantitative estimate of drug-likeness (QED) is 0.208. The summed E-state index contributed by atoms with van der Waals surface area (Å²) in [5, 5.41) is 11.2. The molecule has 0 spiro atoms. The third-order valence-corrected chi connectivity index (χ3v) is 7.93. The second-order valence-corrected chi connectivity index (χ2v) is 11.7. The van der Waals surface area contributed by atoms with E-state index in [0.717, 1.165) is 47.3 Å². The highest BCUT2D eigenvalue weighted by Crippen LogP contribution is 2.34. The average molecular weight is 615 g/mol. The van der Waals surface area contributed by atoms with Gasteiger partial charge in [-0.25, -0.2) is 14.5 Å². The monoisotopic (exact) mass is 614 g/mol. The standard InChI is InChI=1S/C36H38N8O2/c1-42(2)22-10-15-32(45)38-28-18-16-27(17-19-28)35(46)43-23-8-6-13-29(25-43)39-36-37-21-20-30(40-36)33-31-14-7-9-24-44(31)41-34(33)26-11-4-3-5-12-26/h3-5,7,9-12,14-21,24,29H,6,8,13,22-23,25H2,1-2H3,(H,38,45)(H,37,39,40)/b15-10+/t29-/m1/s1. The summed E-state index contributed by atoms with van der Waals surface area (Å²) in [5.41, 5.74) is 5.78. The van der Waals surface area contributed by atoms with Crippen LogP contribution in [0.1, 0.15) is 29.6 Å². The lowest BCUT2D eigenvalue weighted by atomic mass is 10.0. The number of benzene rings is 2. The Morgan fingerprint density at radius 3 is 2.59 bits per heavy atom. The number of likely N-dealkylation sites (tertiary alicyclic amines) is 1. The van der Waals surface area contributed by atoms with Gasteiger partial charge in [-0.2, -0.15) is 5.10 Å². The van der Waals surface area contributed by atoms with Crippen molar-refractivity contribution >= 4 is 29.0 Å². The summed E-state index contributed by atoms with van der Waals surface area (Å²) in [6, 6.07) is 25.1. The van der Waals surface area contributed by atoms with Crippen LogP contribution >= 0.6 is 0 Å². The third-order valence-electron chi connectivity index (χ3n) is 7.93. The summed E-state index contributed by atoms with van der Waals surface area (Å²) in [6.45, 7) is 1.89. The number of likely N-dealkylation sites (N-methyl/N-ethyl adjacent to an activating group) is 1. The topological polar surface area (TPSA) is 108 Å². The summed E-state index contributed by atoms with van der Waals surface area (Å²) in [7, 11) is 3.88. The average Bonchev–Trinajstić information content (AvgIpc) is 3.31. The Bertz CT molecular complexity index is 1830. The largest absolute Gasteiger partial charge is 0.350 e. The molecule has 6 rings (SSSR count). The minimum absolute atomic E-state index is 0.00767. The van der Waals surface area contributed by atoms with Gasteiger partial charge in [0.2, 0.25) is 11.9 Å². The second-order valence-electron chi connectivity index (χ2n) is 11.7. The van der Waals surface area contributed by atoms with Crippen LogP contribution in [-0.4, -0.2) is 81.0 Å². The number of rotatable bonds is 9. The van der Waals surface area contributed by atoms with Crippen LogP contribution in [0.5, 0.6) is 0 Å². The van der Waals surface area contributed by atoms with Crippen LogP contribution in [0.3, 0.4) is 0 Å². The molecule has 1 aliphatic rings. The first-order chi connectivity index (χ1) is 22.4. The van der Waals surface area contributed by atoms with Crippen LogP contribution in [0.15, 0.2) is 103 Å². The SMILES string of the molecule is CN(C)C/C=C/C(=O)Nc1ccc(C(=O)N2CCCC[C@@H](Nc3nccc(-c4c(-c5ccccc5)nn5ccccc45)n3)C2)cc1. The van der Waals surface area contributed by atoms with Gasteiger partial charge in [-0.1, -0.05) is 42.5 Å². The number of aromatic nitrogens is 4. The Balaban J connectivity index is 1.16. The molecule has 2 aromatic carbocycles. The number of nitrogens with zero attached hydrogens (tertiary/aromatic N) is 6. The molecule has 0 saturated carbocycles. The Morgan fingerprint density at radius 1 is 0.978 bits per heavy atom. The van der Waals surface area contributed by atoms with E-state index in [2.05, 4.69) is 27.8 Å². The van der Waals surface area contributed by atoms with Gasteiger partial charge in [-0.15, -0.1) is 0 Å². The zero-order valence-electron chi connectivity index (χ0n) is 26.1. The Labute approximate surface area is 268 Å². The molecular weight excluding hydrogens is 576 g/mol. The molecule has 5 aromatic rings. The van der Waals surface area contributed by atoms with E-state index >= 15 is 0 Å². The number of carbonyl (C=O) groups is 2. The highest BCUT2D eigenvalue weighted by atomic mass is 16.2. The lowest BCUT2D eigenvalue weighted by Crippen LogP contribution is -2.39. The van der Waals surface area contributed by atoms with Gasteiger partial charge in [0.25, 0.3) is 5.91 Å². The Kier molecular flexibility index (Phi) is 9.45. The predicted molar refractivity (Wildman–Crippen MR) is 182 cm³/mol. The van der Waals surface area contributed by atoms with Gasteiger partial charge < -0.3 is 20.4 Å². The molecule has 234 valence electrons. The number of hydrogen-bond donors (Lipinski definition) is 2. The first-order valence-electron chi connectivity index (χ1n) is 15.6. The summed E-state index contributed by atoms with van der Waals surface area (Å²) in [6.07, 6.45) is 9.83. The van der Waals surface area contributed by atoms with Gasteiger partial charge in [-0.05, 0) is 75.8 Å². The van der Waals surface area contributed by atoms with Gasteiger partial charge in [0, 0.05) is 61.0 Å². The fraction of sp³-hybridized carbons (Fsp3) is 0.250. The van der Waals surface area contributed by atoms with Crippen molar-refractivity contribution in [2.45, 2.75) is 25.3 Å². The highest BCUT2D eigenvalue weighted by Gasteiger charge is 2.24. The molecule has 10 nitrogen and oxygen atoms in total. The van der Waals surface area contributed by atoms with Crippen LogP contribution < -0.4 is 10.6 Å². The molecule has 0 aliphatic carbocycles. The van der Waals surface area contributed by atoms with Gasteiger partial charge in [-0.3, -0.25) is 9.59 Å². The lowest BCUT2D eigenvalue weighted by Gasteiger charge is -2.25. The number of anilines is 2. The number of hydrogen-bond acceptors (Lipinski definition) is 7. The second kappa shape index (κ2) is 14.2. The van der Waals surface area contributed by atoms with Crippen LogP contribution in [0, 0.1) is 0 Å². The summed E-state index contributed by atoms with van der Waals surface area (Å²) < 4.78 is 1.88. The summed E-state index contributed by atoms with van der Waals surface area (Å²) in [5.74, 6) is 0.281. The van der Waals surface area contributed by atoms with Crippen molar-refractivity contribution in [2.24, 2.45) is 0 Å². The zero-order valence-corrected chi connectivity index (χ0v) is 26.1. The van der Waals surface area contributed by atoms with E-state index in [0.29, 0.717) is 36.8 Å². The van der Waals surface area contributed by atoms with E-state index in [-0.39, 0.29) is 17.9 Å². The number of amides is 2. The van der Waals surface area contributed by atoms with Crippen LogP contribution in [0.25, 0.3) is 28.0 Å². The molecule has 2 N–H and O–H groups in total. The first-order valence-corrected chi connectivity index (χ1v) is 15.6. The van der Waals surface area contributed by atoms with Gasteiger partial charge in [0.05, 0.1) is 16.8 Å². The maximum absolute atomic E-state index is 13.5. The molecular formula is C36H38N8O2. The van der Waals surface area contributed by atoms with Crippen LogP contribution in [0.4, 0.5) is 11.6 Å². The summed E-state index contributed by atoms with van der Waals surface area (Å²) >= 11 is 0. The van der Waals surface area contributed by atoms with Crippen molar-refractivity contribution in [1.29, 1.82) is 0 Å². The van der Waals surface area contributed by atoms with Crippen LogP contribution in [0.2, 0.25) is 0 Å². The van der Waals surface area contributed by atoms with E-state index in [9.17, 15) is 9.59 Å². The minimum atomic E-state index is -0.202. The highest BCUT2D eigenvalue weighted by molar-refractivity contribution is 6.00. The first kappa shape index (κ1) is 30.7. The summed E-state index contributed by atoms with van der Waals surface area (Å²) in [4.78, 5) is 39.1. The van der Waals surface area contributed by atoms with Gasteiger partial charge in [0.15, 0.2) is 0 Å². The number of carbonyl (C=O) groups excluding carboxylic acids is 2. The molecule has 10 heteroatoms. The molecule has 2 amide bonds. The van der Waals surface area contributed by atoms with E-state index in [4.69, 9.17) is 10.1 Å². The fourth-order valence-corrected chi connectivity index (χ4v) is 5.68. The molecule has 0 bridgehead atoms. The maximum atomic E-state index is 13.5. The number of fused-ring (bicyclic) bond motifs is 1. The lowest BCUT2D eigenvalue weighted by molar-refractivity contribution is -0.111. The van der Waals surface area contributed by atoms with Crippen molar-refractivity contribution in [3.63, 3.8) is 0 Å². The van der Waals surface area contributed by atoms with E-state index in [1.807, 2.05) is 77.1 Å². The molecule has 1 atom stereocenters. The molecule has 0 unspecified atom stereocenters. The van der Waals surface area contributed by atoms with E-state index < -0.39 is 0 Å². The minimum Gasteiger partial charge on any atom is -0.350 e. The van der Waals surface area contributed by atoms with Crippen molar-refractivity contribution in [2.75, 3.05) is 44.4 Å². The Morgan fingerprint density at radius 2 is 1.78 bits per heavy atom. The fourth-order valence-electron chi connectivity index (χ4n) is 5.68. The molecule has 1 fully saturated rings. The van der Waals surface area contributed by atoms with Crippen molar-refractivity contribution in [3.8, 4) is 22.5 Å². The van der Waals surface area contributed by atoms with Crippen molar-refractivity contribution < 1.29 is 9.59 Å². The predicted octanol–water partition coefficient (Wildman–Crippen LogP) is 5.62. The molecule has 1 saturated heterocycles. The smallest absolute Gasteiger partial charge is 0.253 e. The number of nitrogens with one attached hydrogen (secondary N) is 2. The van der Waals surface area contributed by atoms with E-state index in [1.54, 1.807) is 36.5 Å². The molecule has 4 heterocycles. The molecule has 3 aromatic heterocycles. The molecule has 0 radical (unpaired) electrons. The molecule has 1 aliphatic heterocycles. The molecule has 46 heavy (non-hydrogen) atoms. The van der Waals surface area contributed by atoms with Crippen LogP contribution in [-0.2, 0) is 4.79 Å². The zero-order chi connectivity index (χ0) is 31.9. The third kappa shape index (κ3) is 7.30. The van der Waals surface area contributed by atoms with Crippen molar-refractivity contribution in [3.05, 3.63) is 109 Å². The van der Waals surface area contributed by atoms with Crippen molar-refractivity contribution in [1.82, 2.24) is 29.4 Å². The van der Waals surface area contributed by atoms with Gasteiger partial charge in [0.1, 0.15) is 5.69 Å². The number of pyridine rings is 1. The maximum Gasteiger partial charge on any atom is 0.253 e.